The summed E-state index contributed by atoms with van der Waals surface area (Å²) in [5.41, 5.74) is 5.77. The van der Waals surface area contributed by atoms with E-state index in [0.717, 1.165) is 12.8 Å². The first-order chi connectivity index (χ1) is 12.4. The molecular formula is C15H25F3N4O5. The molecule has 0 saturated carbocycles. The molecule has 12 heteroatoms. The van der Waals surface area contributed by atoms with Crippen molar-refractivity contribution in [1.29, 1.82) is 0 Å². The summed E-state index contributed by atoms with van der Waals surface area (Å²) >= 11 is 0. The maximum absolute atomic E-state index is 12.0. The predicted octanol–water partition coefficient (Wildman–Crippen LogP) is -0.446. The number of likely N-dealkylation sites (tertiary alicyclic amines) is 1. The Morgan fingerprint density at radius 1 is 1.33 bits per heavy atom. The average molecular weight is 398 g/mol. The molecule has 1 saturated heterocycles. The number of rotatable bonds is 5. The van der Waals surface area contributed by atoms with Crippen molar-refractivity contribution in [1.82, 2.24) is 15.1 Å². The molecule has 0 radical (unpaired) electrons. The van der Waals surface area contributed by atoms with Crippen molar-refractivity contribution < 1.29 is 37.5 Å². The van der Waals surface area contributed by atoms with Gasteiger partial charge in [0.2, 0.25) is 17.7 Å². The maximum Gasteiger partial charge on any atom is 0.490 e. The van der Waals surface area contributed by atoms with Crippen molar-refractivity contribution in [2.75, 3.05) is 33.2 Å². The van der Waals surface area contributed by atoms with Crippen LogP contribution in [0.1, 0.15) is 26.2 Å². The molecule has 0 aromatic rings. The number of hydrogen-bond acceptors (Lipinski definition) is 5. The van der Waals surface area contributed by atoms with Crippen LogP contribution >= 0.6 is 0 Å². The molecular weight excluding hydrogens is 373 g/mol. The van der Waals surface area contributed by atoms with E-state index >= 15 is 0 Å². The summed E-state index contributed by atoms with van der Waals surface area (Å²) in [5.74, 6) is -3.17. The van der Waals surface area contributed by atoms with E-state index in [1.165, 1.54) is 16.7 Å². The average Bonchev–Trinajstić information content (AvgIpc) is 2.69. The lowest BCUT2D eigenvalue weighted by molar-refractivity contribution is -0.192. The Balaban J connectivity index is 0.000000821. The summed E-state index contributed by atoms with van der Waals surface area (Å²) in [4.78, 5) is 46.7. The van der Waals surface area contributed by atoms with Crippen molar-refractivity contribution in [2.45, 2.75) is 38.4 Å². The van der Waals surface area contributed by atoms with Gasteiger partial charge in [0.1, 0.15) is 0 Å². The minimum atomic E-state index is -5.08. The largest absolute Gasteiger partial charge is 0.490 e. The van der Waals surface area contributed by atoms with Crippen molar-refractivity contribution in [2.24, 2.45) is 5.73 Å². The second-order valence-corrected chi connectivity index (χ2v) is 5.96. The molecule has 0 aliphatic carbocycles. The van der Waals surface area contributed by atoms with Crippen LogP contribution in [0.25, 0.3) is 0 Å². The van der Waals surface area contributed by atoms with Crippen LogP contribution in [0.5, 0.6) is 0 Å². The molecule has 0 spiro atoms. The number of aliphatic carboxylic acids is 1. The number of carboxylic acids is 1. The molecule has 3 amide bonds. The second-order valence-electron chi connectivity index (χ2n) is 5.96. The van der Waals surface area contributed by atoms with Gasteiger partial charge in [-0.15, -0.1) is 0 Å². The van der Waals surface area contributed by atoms with Gasteiger partial charge in [0.15, 0.2) is 0 Å². The van der Waals surface area contributed by atoms with E-state index in [1.54, 1.807) is 7.05 Å². The van der Waals surface area contributed by atoms with Gasteiger partial charge >= 0.3 is 12.1 Å². The van der Waals surface area contributed by atoms with Crippen LogP contribution in [0.2, 0.25) is 0 Å². The summed E-state index contributed by atoms with van der Waals surface area (Å²) in [5, 5.41) is 9.75. The zero-order valence-corrected chi connectivity index (χ0v) is 15.2. The van der Waals surface area contributed by atoms with E-state index in [-0.39, 0.29) is 24.3 Å². The number of nitrogens with two attached hydrogens (primary N) is 1. The van der Waals surface area contributed by atoms with Crippen LogP contribution < -0.4 is 11.1 Å². The molecule has 27 heavy (non-hydrogen) atoms. The minimum absolute atomic E-state index is 0.0586. The van der Waals surface area contributed by atoms with E-state index in [9.17, 15) is 27.6 Å². The van der Waals surface area contributed by atoms with E-state index in [0.29, 0.717) is 26.1 Å². The molecule has 1 fully saturated rings. The number of carbonyl (C=O) groups excluding carboxylic acids is 3. The van der Waals surface area contributed by atoms with Crippen LogP contribution in [-0.4, -0.2) is 84.0 Å². The summed E-state index contributed by atoms with van der Waals surface area (Å²) < 4.78 is 31.7. The summed E-state index contributed by atoms with van der Waals surface area (Å²) in [6, 6.07) is -0.491. The fourth-order valence-corrected chi connectivity index (χ4v) is 2.10. The fraction of sp³-hybridized carbons (Fsp3) is 0.733. The van der Waals surface area contributed by atoms with E-state index < -0.39 is 18.2 Å². The third-order valence-electron chi connectivity index (χ3n) is 3.64. The van der Waals surface area contributed by atoms with Gasteiger partial charge in [0, 0.05) is 33.6 Å². The van der Waals surface area contributed by atoms with Gasteiger partial charge in [0.25, 0.3) is 0 Å². The third-order valence-corrected chi connectivity index (χ3v) is 3.64. The fourth-order valence-electron chi connectivity index (χ4n) is 2.10. The Morgan fingerprint density at radius 2 is 1.89 bits per heavy atom. The molecule has 156 valence electrons. The molecule has 9 nitrogen and oxygen atoms in total. The van der Waals surface area contributed by atoms with Crippen LogP contribution in [0.3, 0.4) is 0 Å². The number of carboxylic acid groups (broad SMARTS) is 1. The highest BCUT2D eigenvalue weighted by Gasteiger charge is 2.38. The molecule has 1 aliphatic heterocycles. The molecule has 1 atom stereocenters. The second kappa shape index (κ2) is 11.4. The maximum atomic E-state index is 12.0. The Labute approximate surface area is 154 Å². The first kappa shape index (κ1) is 24.6. The predicted molar refractivity (Wildman–Crippen MR) is 88.4 cm³/mol. The Morgan fingerprint density at radius 3 is 2.37 bits per heavy atom. The van der Waals surface area contributed by atoms with E-state index in [1.807, 2.05) is 0 Å². The number of likely N-dealkylation sites (N-methyl/N-ethyl adjacent to an activating group) is 1. The number of carbonyl (C=O) groups is 4. The van der Waals surface area contributed by atoms with Gasteiger partial charge in [-0.05, 0) is 19.3 Å². The highest BCUT2D eigenvalue weighted by molar-refractivity contribution is 5.87. The van der Waals surface area contributed by atoms with Crippen LogP contribution in [0.15, 0.2) is 0 Å². The third kappa shape index (κ3) is 10.4. The molecule has 1 heterocycles. The number of nitrogens with one attached hydrogen (secondary N) is 1. The first-order valence-corrected chi connectivity index (χ1v) is 8.19. The molecule has 0 aromatic heterocycles. The molecule has 1 rings (SSSR count). The summed E-state index contributed by atoms with van der Waals surface area (Å²) in [6.07, 6.45) is -2.61. The van der Waals surface area contributed by atoms with Crippen molar-refractivity contribution in [3.63, 3.8) is 0 Å². The van der Waals surface area contributed by atoms with Gasteiger partial charge in [-0.3, -0.25) is 14.4 Å². The normalized spacial score (nSPS) is 17.3. The van der Waals surface area contributed by atoms with Crippen molar-refractivity contribution in [3.05, 3.63) is 0 Å². The van der Waals surface area contributed by atoms with Crippen LogP contribution in [0.4, 0.5) is 13.2 Å². The Hall–Kier alpha value is -2.37. The number of amides is 3. The lowest BCUT2D eigenvalue weighted by Gasteiger charge is -2.25. The lowest BCUT2D eigenvalue weighted by Crippen LogP contribution is -2.47. The van der Waals surface area contributed by atoms with Crippen LogP contribution in [-0.2, 0) is 19.2 Å². The molecule has 0 bridgehead atoms. The van der Waals surface area contributed by atoms with Crippen molar-refractivity contribution >= 4 is 23.7 Å². The lowest BCUT2D eigenvalue weighted by atomic mass is 10.1. The quantitative estimate of drug-likeness (QED) is 0.575. The number of halogens is 3. The van der Waals surface area contributed by atoms with Gasteiger partial charge in [0.05, 0.1) is 12.6 Å². The van der Waals surface area contributed by atoms with Gasteiger partial charge < -0.3 is 26.0 Å². The van der Waals surface area contributed by atoms with Gasteiger partial charge in [-0.25, -0.2) is 4.79 Å². The monoisotopic (exact) mass is 398 g/mol. The Bertz CT molecular complexity index is 542. The topological polar surface area (TPSA) is 133 Å². The van der Waals surface area contributed by atoms with Gasteiger partial charge in [-0.1, -0.05) is 0 Å². The van der Waals surface area contributed by atoms with Gasteiger partial charge in [-0.2, -0.15) is 13.2 Å². The summed E-state index contributed by atoms with van der Waals surface area (Å²) in [6.45, 7) is 2.90. The summed E-state index contributed by atoms with van der Waals surface area (Å²) in [7, 11) is 1.66. The number of hydrogen-bond donors (Lipinski definition) is 3. The molecule has 4 N–H and O–H groups in total. The SMILES string of the molecule is CC(=O)NCCN(C)C(=O)CN1CCCCC(N)C1=O.O=C(O)C(F)(F)F. The Kier molecular flexibility index (Phi) is 10.4. The highest BCUT2D eigenvalue weighted by atomic mass is 19.4. The van der Waals surface area contributed by atoms with E-state index in [4.69, 9.17) is 15.6 Å². The molecule has 1 aliphatic rings. The number of nitrogens with zero attached hydrogens (tertiary/aromatic N) is 2. The zero-order chi connectivity index (χ0) is 21.2. The smallest absolute Gasteiger partial charge is 0.475 e. The first-order valence-electron chi connectivity index (χ1n) is 8.19. The highest BCUT2D eigenvalue weighted by Crippen LogP contribution is 2.13. The minimum Gasteiger partial charge on any atom is -0.475 e. The zero-order valence-electron chi connectivity index (χ0n) is 15.2. The van der Waals surface area contributed by atoms with Crippen molar-refractivity contribution in [3.8, 4) is 0 Å². The molecule has 1 unspecified atom stereocenters. The standard InChI is InChI=1S/C13H24N4O3.C2HF3O2/c1-10(18)15-6-8-16(2)12(19)9-17-7-4-3-5-11(14)13(17)20;3-2(4,5)1(6)7/h11H,3-9,14H2,1-2H3,(H,15,18);(H,6,7). The van der Waals surface area contributed by atoms with E-state index in [2.05, 4.69) is 5.32 Å². The molecule has 0 aromatic carbocycles. The number of alkyl halides is 3. The van der Waals surface area contributed by atoms with Crippen LogP contribution in [0, 0.1) is 0 Å².